The first-order valence-electron chi connectivity index (χ1n) is 24.3. The van der Waals surface area contributed by atoms with Crippen LogP contribution in [0.5, 0.6) is 11.5 Å². The minimum Gasteiger partial charge on any atom is -0.494 e. The van der Waals surface area contributed by atoms with Crippen LogP contribution in [0.3, 0.4) is 0 Å². The number of nitrogens with zero attached hydrogens (tertiary/aromatic N) is 12. The van der Waals surface area contributed by atoms with Crippen molar-refractivity contribution >= 4 is 57.4 Å². The molecule has 0 aliphatic carbocycles. The molecule has 0 saturated carbocycles. The molecule has 18 nitrogen and oxygen atoms in total. The second kappa shape index (κ2) is 20.2. The molecule has 2 atom stereocenters. The molecule has 0 bridgehead atoms. The number of halogens is 1. The van der Waals surface area contributed by atoms with Gasteiger partial charge in [0.05, 0.1) is 84.5 Å². The van der Waals surface area contributed by atoms with E-state index in [1.807, 2.05) is 96.8 Å². The van der Waals surface area contributed by atoms with E-state index in [1.54, 1.807) is 31.1 Å². The molecule has 4 N–H and O–H groups in total. The fraction of sp³-hybridized carbons (Fsp3) is 0.358. The number of hydrogen-bond acceptors (Lipinski definition) is 16. The third-order valence-corrected chi connectivity index (χ3v) is 14.9. The Balaban J connectivity index is 0.735. The van der Waals surface area contributed by atoms with Gasteiger partial charge in [-0.05, 0) is 88.2 Å². The molecule has 2 aliphatic heterocycles. The number of methoxy groups -OCH3 is 2. The van der Waals surface area contributed by atoms with Crippen molar-refractivity contribution in [1.29, 1.82) is 0 Å². The van der Waals surface area contributed by atoms with E-state index in [0.29, 0.717) is 46.2 Å². The standard InChI is InChI=1S/C53H61ClN14O4/c1-35-30-56-50(61-48(35)43-33-55-47-12-8-9-17-67(43)47)59-40-15-13-36(27-44(40)71-5)63-19-23-65(24-20-63)52(2,3)46(70)29-53(4,34-69)66-25-21-64(22-26-66)37-14-16-41(45(28-37)72-6)60-51-57-32-39(54)49(62-51)38-31-58-68-18-10-7-11-42(38)68/h7-18,27-28,30-33,46,69-70H,19-26,29,34H2,1-6H3,(H,56,59,61)(H,57,60,62). The molecule has 6 aromatic heterocycles. The molecular weight excluding hydrogens is 932 g/mol. The molecule has 0 amide bonds. The predicted molar refractivity (Wildman–Crippen MR) is 283 cm³/mol. The summed E-state index contributed by atoms with van der Waals surface area (Å²) in [6.07, 6.45) is 10.6. The van der Waals surface area contributed by atoms with Crippen molar-refractivity contribution in [1.82, 2.24) is 48.7 Å². The Labute approximate surface area is 423 Å². The molecule has 0 radical (unpaired) electrons. The van der Waals surface area contributed by atoms with Crippen molar-refractivity contribution < 1.29 is 19.7 Å². The molecule has 8 aromatic rings. The number of aliphatic hydroxyl groups excluding tert-OH is 2. The summed E-state index contributed by atoms with van der Waals surface area (Å²) in [5, 5.41) is 34.5. The number of piperazine rings is 2. The molecule has 72 heavy (non-hydrogen) atoms. The maximum absolute atomic E-state index is 12.0. The topological polar surface area (TPSA) is 182 Å². The van der Waals surface area contributed by atoms with Crippen molar-refractivity contribution in [3.05, 3.63) is 121 Å². The van der Waals surface area contributed by atoms with E-state index in [2.05, 4.69) is 83.2 Å². The van der Waals surface area contributed by atoms with Crippen LogP contribution in [-0.2, 0) is 0 Å². The Morgan fingerprint density at radius 3 is 1.93 bits per heavy atom. The van der Waals surface area contributed by atoms with Gasteiger partial charge in [0.2, 0.25) is 11.9 Å². The maximum atomic E-state index is 12.0. The third kappa shape index (κ3) is 9.55. The monoisotopic (exact) mass is 992 g/mol. The van der Waals surface area contributed by atoms with Crippen LogP contribution in [0.1, 0.15) is 32.8 Å². The van der Waals surface area contributed by atoms with Gasteiger partial charge in [-0.25, -0.2) is 29.4 Å². The van der Waals surface area contributed by atoms with Crippen LogP contribution in [0.4, 0.5) is 34.6 Å². The molecule has 2 saturated heterocycles. The van der Waals surface area contributed by atoms with E-state index in [1.165, 1.54) is 0 Å². The second-order valence-corrected chi connectivity index (χ2v) is 19.7. The minimum absolute atomic E-state index is 0.0697. The number of fused-ring (bicyclic) bond motifs is 2. The van der Waals surface area contributed by atoms with E-state index in [-0.39, 0.29) is 6.61 Å². The molecule has 374 valence electrons. The number of aliphatic hydroxyl groups is 2. The van der Waals surface area contributed by atoms with Crippen LogP contribution in [-0.4, -0.2) is 149 Å². The summed E-state index contributed by atoms with van der Waals surface area (Å²) in [7, 11) is 3.31. The van der Waals surface area contributed by atoms with Gasteiger partial charge >= 0.3 is 0 Å². The van der Waals surface area contributed by atoms with Crippen LogP contribution in [0.15, 0.2) is 110 Å². The summed E-state index contributed by atoms with van der Waals surface area (Å²) in [5.74, 6) is 2.16. The maximum Gasteiger partial charge on any atom is 0.227 e. The zero-order valence-electron chi connectivity index (χ0n) is 41.5. The fourth-order valence-corrected chi connectivity index (χ4v) is 10.2. The number of aryl methyl sites for hydroxylation is 1. The van der Waals surface area contributed by atoms with Gasteiger partial charge in [0.1, 0.15) is 17.1 Å². The Hall–Kier alpha value is -7.09. The van der Waals surface area contributed by atoms with Gasteiger partial charge in [0, 0.05) is 111 Å². The molecule has 2 aliphatic rings. The lowest BCUT2D eigenvalue weighted by molar-refractivity contribution is -0.0615. The van der Waals surface area contributed by atoms with Crippen LogP contribution in [0.2, 0.25) is 5.02 Å². The van der Waals surface area contributed by atoms with Crippen LogP contribution in [0, 0.1) is 6.92 Å². The van der Waals surface area contributed by atoms with Crippen molar-refractivity contribution in [2.45, 2.75) is 51.3 Å². The molecule has 0 spiro atoms. The number of hydrogen-bond donors (Lipinski definition) is 4. The van der Waals surface area contributed by atoms with Gasteiger partial charge in [-0.1, -0.05) is 23.7 Å². The lowest BCUT2D eigenvalue weighted by Gasteiger charge is -2.51. The van der Waals surface area contributed by atoms with E-state index >= 15 is 0 Å². The number of ether oxygens (including phenoxy) is 2. The van der Waals surface area contributed by atoms with Gasteiger partial charge in [-0.3, -0.25) is 14.2 Å². The minimum atomic E-state index is -0.688. The lowest BCUT2D eigenvalue weighted by Crippen LogP contribution is -2.63. The Bertz CT molecular complexity index is 3200. The second-order valence-electron chi connectivity index (χ2n) is 19.3. The van der Waals surface area contributed by atoms with Gasteiger partial charge < -0.3 is 40.1 Å². The number of nitrogens with one attached hydrogen (secondary N) is 2. The number of rotatable bonds is 16. The normalized spacial score (nSPS) is 16.2. The van der Waals surface area contributed by atoms with Crippen LogP contribution in [0.25, 0.3) is 33.8 Å². The van der Waals surface area contributed by atoms with Crippen LogP contribution >= 0.6 is 11.6 Å². The first kappa shape index (κ1) is 48.5. The fourth-order valence-electron chi connectivity index (χ4n) is 10.0. The summed E-state index contributed by atoms with van der Waals surface area (Å²) in [4.78, 5) is 32.6. The number of imidazole rings is 1. The van der Waals surface area contributed by atoms with Crippen LogP contribution < -0.4 is 29.9 Å². The number of aromatic nitrogens is 8. The highest BCUT2D eigenvalue weighted by molar-refractivity contribution is 6.33. The number of anilines is 6. The van der Waals surface area contributed by atoms with Crippen molar-refractivity contribution in [3.63, 3.8) is 0 Å². The van der Waals surface area contributed by atoms with E-state index in [9.17, 15) is 10.2 Å². The summed E-state index contributed by atoms with van der Waals surface area (Å²) >= 11 is 6.59. The summed E-state index contributed by atoms with van der Waals surface area (Å²) in [6.45, 7) is 14.2. The zero-order valence-corrected chi connectivity index (χ0v) is 42.3. The zero-order chi connectivity index (χ0) is 50.1. The molecular formula is C53H61ClN14O4. The van der Waals surface area contributed by atoms with E-state index in [0.717, 1.165) is 103 Å². The molecule has 10 rings (SSSR count). The Morgan fingerprint density at radius 1 is 0.694 bits per heavy atom. The van der Waals surface area contributed by atoms with Crippen molar-refractivity contribution in [2.75, 3.05) is 93.6 Å². The molecule has 19 heteroatoms. The average molecular weight is 994 g/mol. The van der Waals surface area contributed by atoms with Gasteiger partial charge in [0.25, 0.3) is 0 Å². The van der Waals surface area contributed by atoms with E-state index in [4.69, 9.17) is 31.0 Å². The lowest BCUT2D eigenvalue weighted by atomic mass is 9.83. The highest BCUT2D eigenvalue weighted by Crippen LogP contribution is 2.37. The molecule has 2 unspecified atom stereocenters. The number of pyridine rings is 2. The van der Waals surface area contributed by atoms with Crippen molar-refractivity contribution in [2.24, 2.45) is 0 Å². The highest BCUT2D eigenvalue weighted by Gasteiger charge is 2.43. The average Bonchev–Trinajstić information content (AvgIpc) is 4.05. The first-order valence-corrected chi connectivity index (χ1v) is 24.6. The Morgan fingerprint density at radius 2 is 1.29 bits per heavy atom. The SMILES string of the molecule is COc1cc(N2CCN(C(C)(C)C(O)CC(C)(CO)N3CCN(c4ccc(Nc5ncc(Cl)c(-c6cnn7ccccc67)n5)c(OC)c4)CC3)CC2)ccc1Nc1ncc(C)c(-c2cnc3ccccn23)n1. The summed E-state index contributed by atoms with van der Waals surface area (Å²) in [6, 6.07) is 23.9. The smallest absolute Gasteiger partial charge is 0.227 e. The third-order valence-electron chi connectivity index (χ3n) is 14.6. The van der Waals surface area contributed by atoms with Crippen molar-refractivity contribution in [3.8, 4) is 34.1 Å². The Kier molecular flexibility index (Phi) is 13.6. The van der Waals surface area contributed by atoms with Gasteiger partial charge in [-0.2, -0.15) is 5.10 Å². The first-order chi connectivity index (χ1) is 34.8. The number of benzene rings is 2. The highest BCUT2D eigenvalue weighted by atomic mass is 35.5. The van der Waals surface area contributed by atoms with E-state index < -0.39 is 17.2 Å². The van der Waals surface area contributed by atoms with Gasteiger partial charge in [0.15, 0.2) is 0 Å². The molecule has 2 aromatic carbocycles. The predicted octanol–water partition coefficient (Wildman–Crippen LogP) is 7.59. The molecule has 2 fully saturated rings. The molecule has 8 heterocycles. The summed E-state index contributed by atoms with van der Waals surface area (Å²) in [5.41, 5.74) is 8.13. The quantitative estimate of drug-likeness (QED) is 0.0743. The van der Waals surface area contributed by atoms with Gasteiger partial charge in [-0.15, -0.1) is 0 Å². The summed E-state index contributed by atoms with van der Waals surface area (Å²) < 4.78 is 15.5. The largest absolute Gasteiger partial charge is 0.494 e.